The van der Waals surface area contributed by atoms with Gasteiger partial charge < -0.3 is 4.98 Å². The first-order valence-corrected chi connectivity index (χ1v) is 9.27. The average Bonchev–Trinajstić information content (AvgIpc) is 3.34. The van der Waals surface area contributed by atoms with Crippen LogP contribution in [0.15, 0.2) is 71.1 Å². The molecule has 0 aliphatic rings. The summed E-state index contributed by atoms with van der Waals surface area (Å²) < 4.78 is 0. The van der Waals surface area contributed by atoms with Gasteiger partial charge in [-0.2, -0.15) is 10.1 Å². The number of H-pyrrole nitrogens is 2. The van der Waals surface area contributed by atoms with Crippen molar-refractivity contribution in [3.63, 3.8) is 0 Å². The fraction of sp³-hybridized carbons (Fsp3) is 0.0526. The van der Waals surface area contributed by atoms with Gasteiger partial charge in [0.1, 0.15) is 0 Å². The molecule has 8 heteroatoms. The number of hydrazone groups is 1. The standard InChI is InChI=1S/C19H16N6OS/c26-17(13-6-2-1-3-7-13)12-27-19-22-18(24-25-19)23-21-11-14-10-20-16-9-5-4-8-15(14)16/h1-11,20H,12H2,(H2,22,23,24,25)/b21-11+. The molecule has 0 atom stereocenters. The predicted molar refractivity (Wildman–Crippen MR) is 107 cm³/mol. The van der Waals surface area contributed by atoms with Gasteiger partial charge in [-0.1, -0.05) is 60.3 Å². The molecular weight excluding hydrogens is 360 g/mol. The van der Waals surface area contributed by atoms with Gasteiger partial charge in [0, 0.05) is 28.2 Å². The van der Waals surface area contributed by atoms with Crippen molar-refractivity contribution in [3.05, 3.63) is 71.9 Å². The molecule has 7 nitrogen and oxygen atoms in total. The summed E-state index contributed by atoms with van der Waals surface area (Å²) in [6.45, 7) is 0. The first-order valence-electron chi connectivity index (χ1n) is 8.28. The van der Waals surface area contributed by atoms with Gasteiger partial charge in [-0.3, -0.25) is 4.79 Å². The molecule has 0 bridgehead atoms. The number of carbonyl (C=O) groups is 1. The molecule has 2 aromatic heterocycles. The van der Waals surface area contributed by atoms with Crippen LogP contribution < -0.4 is 5.43 Å². The lowest BCUT2D eigenvalue weighted by atomic mass is 10.2. The molecule has 0 aliphatic carbocycles. The third-order valence-corrected chi connectivity index (χ3v) is 4.74. The third kappa shape index (κ3) is 4.06. The number of hydrogen-bond donors (Lipinski definition) is 3. The lowest BCUT2D eigenvalue weighted by molar-refractivity contribution is 0.102. The highest BCUT2D eigenvalue weighted by Gasteiger charge is 2.09. The number of nitrogens with zero attached hydrogens (tertiary/aromatic N) is 3. The Labute approximate surface area is 159 Å². The maximum absolute atomic E-state index is 12.1. The Balaban J connectivity index is 1.33. The van der Waals surface area contributed by atoms with Crippen LogP contribution in [-0.4, -0.2) is 37.9 Å². The lowest BCUT2D eigenvalue weighted by Crippen LogP contribution is -2.02. The van der Waals surface area contributed by atoms with Crippen molar-refractivity contribution < 1.29 is 4.79 Å². The minimum absolute atomic E-state index is 0.0391. The number of aromatic nitrogens is 4. The van der Waals surface area contributed by atoms with E-state index in [0.29, 0.717) is 16.7 Å². The molecule has 4 aromatic rings. The first-order chi connectivity index (χ1) is 13.3. The molecule has 0 unspecified atom stereocenters. The van der Waals surface area contributed by atoms with Gasteiger partial charge in [0.25, 0.3) is 0 Å². The number of rotatable bonds is 7. The average molecular weight is 376 g/mol. The SMILES string of the molecule is O=C(CSc1n[nH]c(N/N=C/c2c[nH]c3ccccc23)n1)c1ccccc1. The first kappa shape index (κ1) is 17.0. The van der Waals surface area contributed by atoms with Crippen LogP contribution in [0, 0.1) is 0 Å². The van der Waals surface area contributed by atoms with E-state index in [1.54, 1.807) is 18.3 Å². The Bertz CT molecular complexity index is 1090. The number of nitrogens with one attached hydrogen (secondary N) is 3. The molecule has 2 heterocycles. The molecule has 0 spiro atoms. The van der Waals surface area contributed by atoms with E-state index in [-0.39, 0.29) is 11.5 Å². The highest BCUT2D eigenvalue weighted by molar-refractivity contribution is 7.99. The van der Waals surface area contributed by atoms with Crippen LogP contribution in [0.1, 0.15) is 15.9 Å². The Morgan fingerprint density at radius 3 is 2.85 bits per heavy atom. The number of carbonyl (C=O) groups excluding carboxylic acids is 1. The van der Waals surface area contributed by atoms with E-state index in [1.807, 2.05) is 48.7 Å². The van der Waals surface area contributed by atoms with Crippen LogP contribution in [0.3, 0.4) is 0 Å². The number of hydrogen-bond acceptors (Lipinski definition) is 6. The molecule has 27 heavy (non-hydrogen) atoms. The Morgan fingerprint density at radius 1 is 1.15 bits per heavy atom. The molecule has 0 radical (unpaired) electrons. The predicted octanol–water partition coefficient (Wildman–Crippen LogP) is 3.71. The molecule has 4 rings (SSSR count). The fourth-order valence-corrected chi connectivity index (χ4v) is 3.26. The molecule has 0 saturated heterocycles. The van der Waals surface area contributed by atoms with E-state index in [1.165, 1.54) is 11.8 Å². The number of thioether (sulfide) groups is 1. The van der Waals surface area contributed by atoms with Crippen molar-refractivity contribution >= 4 is 40.6 Å². The van der Waals surface area contributed by atoms with Gasteiger partial charge >= 0.3 is 0 Å². The van der Waals surface area contributed by atoms with Crippen molar-refractivity contribution in [1.82, 2.24) is 20.2 Å². The van der Waals surface area contributed by atoms with E-state index in [9.17, 15) is 4.79 Å². The van der Waals surface area contributed by atoms with Crippen molar-refractivity contribution in [3.8, 4) is 0 Å². The molecule has 0 aliphatic heterocycles. The van der Waals surface area contributed by atoms with Crippen molar-refractivity contribution in [2.24, 2.45) is 5.10 Å². The summed E-state index contributed by atoms with van der Waals surface area (Å²) in [4.78, 5) is 19.6. The van der Waals surface area contributed by atoms with Crippen LogP contribution >= 0.6 is 11.8 Å². The molecule has 0 fully saturated rings. The third-order valence-electron chi connectivity index (χ3n) is 3.89. The topological polar surface area (TPSA) is 98.8 Å². The van der Waals surface area contributed by atoms with Crippen LogP contribution in [0.25, 0.3) is 10.9 Å². The number of aromatic amines is 2. The van der Waals surface area contributed by atoms with Gasteiger partial charge in [0.2, 0.25) is 11.1 Å². The summed E-state index contributed by atoms with van der Waals surface area (Å²) in [6, 6.07) is 17.2. The van der Waals surface area contributed by atoms with E-state index >= 15 is 0 Å². The lowest BCUT2D eigenvalue weighted by Gasteiger charge is -1.97. The summed E-state index contributed by atoms with van der Waals surface area (Å²) >= 11 is 1.28. The van der Waals surface area contributed by atoms with Crippen LogP contribution in [-0.2, 0) is 0 Å². The van der Waals surface area contributed by atoms with E-state index < -0.39 is 0 Å². The Hall–Kier alpha value is -3.39. The highest BCUT2D eigenvalue weighted by Crippen LogP contribution is 2.17. The molecule has 0 saturated carbocycles. The van der Waals surface area contributed by atoms with Crippen molar-refractivity contribution in [1.29, 1.82) is 0 Å². The van der Waals surface area contributed by atoms with E-state index in [4.69, 9.17) is 0 Å². The van der Waals surface area contributed by atoms with E-state index in [2.05, 4.69) is 30.7 Å². The highest BCUT2D eigenvalue weighted by atomic mass is 32.2. The number of Topliss-reactive ketones (excluding diaryl/α,β-unsaturated/α-hetero) is 1. The van der Waals surface area contributed by atoms with Gasteiger partial charge in [-0.15, -0.1) is 5.10 Å². The van der Waals surface area contributed by atoms with Crippen molar-refractivity contribution in [2.45, 2.75) is 5.16 Å². The second kappa shape index (κ2) is 7.88. The summed E-state index contributed by atoms with van der Waals surface area (Å²) in [5.74, 6) is 0.734. The van der Waals surface area contributed by atoms with Gasteiger partial charge in [-0.25, -0.2) is 10.5 Å². The summed E-state index contributed by atoms with van der Waals surface area (Å²) in [5.41, 5.74) is 5.53. The van der Waals surface area contributed by atoms with E-state index in [0.717, 1.165) is 16.5 Å². The molecule has 3 N–H and O–H groups in total. The Kier molecular flexibility index (Phi) is 4.97. The smallest absolute Gasteiger partial charge is 0.240 e. The second-order valence-corrected chi connectivity index (χ2v) is 6.65. The van der Waals surface area contributed by atoms with Crippen LogP contribution in [0.5, 0.6) is 0 Å². The van der Waals surface area contributed by atoms with Gasteiger partial charge in [-0.05, 0) is 6.07 Å². The zero-order valence-corrected chi connectivity index (χ0v) is 15.0. The fourth-order valence-electron chi connectivity index (χ4n) is 2.56. The monoisotopic (exact) mass is 376 g/mol. The van der Waals surface area contributed by atoms with Gasteiger partial charge in [0.05, 0.1) is 12.0 Å². The van der Waals surface area contributed by atoms with Crippen LogP contribution in [0.4, 0.5) is 5.95 Å². The largest absolute Gasteiger partial charge is 0.361 e. The number of para-hydroxylation sites is 1. The zero-order valence-electron chi connectivity index (χ0n) is 14.2. The molecule has 134 valence electrons. The second-order valence-electron chi connectivity index (χ2n) is 5.70. The zero-order chi connectivity index (χ0) is 18.5. The number of anilines is 1. The molecule has 2 aromatic carbocycles. The minimum atomic E-state index is 0.0391. The summed E-state index contributed by atoms with van der Waals surface area (Å²) in [6.07, 6.45) is 3.61. The summed E-state index contributed by atoms with van der Waals surface area (Å²) in [5, 5.41) is 12.6. The normalized spacial score (nSPS) is 11.3. The summed E-state index contributed by atoms with van der Waals surface area (Å²) in [7, 11) is 0. The molecular formula is C19H16N6OS. The van der Waals surface area contributed by atoms with Gasteiger partial charge in [0.15, 0.2) is 5.78 Å². The molecule has 0 amide bonds. The Morgan fingerprint density at radius 2 is 1.96 bits per heavy atom. The number of benzene rings is 2. The van der Waals surface area contributed by atoms with Crippen LogP contribution in [0.2, 0.25) is 0 Å². The number of fused-ring (bicyclic) bond motifs is 1. The minimum Gasteiger partial charge on any atom is -0.361 e. The maximum atomic E-state index is 12.1. The maximum Gasteiger partial charge on any atom is 0.240 e. The van der Waals surface area contributed by atoms with Crippen molar-refractivity contribution in [2.75, 3.05) is 11.2 Å². The quantitative estimate of drug-likeness (QED) is 0.198. The number of ketones is 1.